The predicted octanol–water partition coefficient (Wildman–Crippen LogP) is 1.72. The number of piperidine rings is 1. The summed E-state index contributed by atoms with van der Waals surface area (Å²) in [6.45, 7) is 6.41. The highest BCUT2D eigenvalue weighted by atomic mass is 16.6. The number of amides is 2. The van der Waals surface area contributed by atoms with Gasteiger partial charge in [-0.05, 0) is 57.5 Å². The van der Waals surface area contributed by atoms with Crippen molar-refractivity contribution in [1.29, 1.82) is 0 Å². The zero-order valence-electron chi connectivity index (χ0n) is 17.8. The third-order valence-corrected chi connectivity index (χ3v) is 6.18. The molecule has 2 fully saturated rings. The Balaban J connectivity index is 1.59. The van der Waals surface area contributed by atoms with E-state index in [-0.39, 0.29) is 17.5 Å². The van der Waals surface area contributed by atoms with Crippen LogP contribution in [0.5, 0.6) is 0 Å². The molecule has 2 heterocycles. The molecule has 2 aliphatic rings. The molecule has 0 atom stereocenters. The Morgan fingerprint density at radius 3 is 2.40 bits per heavy atom. The van der Waals surface area contributed by atoms with Crippen molar-refractivity contribution in [3.05, 3.63) is 33.9 Å². The summed E-state index contributed by atoms with van der Waals surface area (Å²) in [6, 6.07) is 4.65. The van der Waals surface area contributed by atoms with Crippen LogP contribution in [-0.4, -0.2) is 79.4 Å². The van der Waals surface area contributed by atoms with Gasteiger partial charge in [-0.25, -0.2) is 0 Å². The number of carbonyl (C=O) groups is 2. The largest absolute Gasteiger partial charge is 0.362 e. The van der Waals surface area contributed by atoms with Gasteiger partial charge in [0, 0.05) is 51.3 Å². The molecular formula is C21H31N5O4. The number of hydrogen-bond donors (Lipinski definition) is 1. The average molecular weight is 418 g/mol. The van der Waals surface area contributed by atoms with Crippen molar-refractivity contribution in [3.63, 3.8) is 0 Å². The summed E-state index contributed by atoms with van der Waals surface area (Å²) in [4.78, 5) is 41.2. The van der Waals surface area contributed by atoms with E-state index < -0.39 is 4.92 Å². The molecule has 0 saturated carbocycles. The van der Waals surface area contributed by atoms with Crippen molar-refractivity contribution in [3.8, 4) is 0 Å². The molecule has 9 heteroatoms. The number of rotatable bonds is 6. The van der Waals surface area contributed by atoms with Crippen molar-refractivity contribution < 1.29 is 14.5 Å². The number of hydrogen-bond acceptors (Lipinski definition) is 6. The summed E-state index contributed by atoms with van der Waals surface area (Å²) in [5.41, 5.74) is 0.719. The molecular weight excluding hydrogens is 386 g/mol. The van der Waals surface area contributed by atoms with Crippen molar-refractivity contribution >= 4 is 23.2 Å². The lowest BCUT2D eigenvalue weighted by Crippen LogP contribution is -2.48. The molecule has 2 amide bonds. The average Bonchev–Trinajstić information content (AvgIpc) is 2.74. The van der Waals surface area contributed by atoms with Gasteiger partial charge < -0.3 is 20.0 Å². The van der Waals surface area contributed by atoms with Crippen LogP contribution in [0.25, 0.3) is 0 Å². The third kappa shape index (κ3) is 5.47. The summed E-state index contributed by atoms with van der Waals surface area (Å²) in [7, 11) is 2.12. The second kappa shape index (κ2) is 9.88. The van der Waals surface area contributed by atoms with Crippen LogP contribution in [-0.2, 0) is 4.79 Å². The maximum Gasteiger partial charge on any atom is 0.293 e. The molecule has 0 aromatic heterocycles. The van der Waals surface area contributed by atoms with E-state index in [1.165, 1.54) is 13.0 Å². The first-order chi connectivity index (χ1) is 14.3. The van der Waals surface area contributed by atoms with Crippen LogP contribution in [0.3, 0.4) is 0 Å². The van der Waals surface area contributed by atoms with E-state index in [1.54, 1.807) is 17.0 Å². The van der Waals surface area contributed by atoms with E-state index >= 15 is 0 Å². The molecule has 0 spiro atoms. The Morgan fingerprint density at radius 1 is 1.13 bits per heavy atom. The van der Waals surface area contributed by atoms with Gasteiger partial charge in [0.25, 0.3) is 11.6 Å². The molecule has 2 saturated heterocycles. The summed E-state index contributed by atoms with van der Waals surface area (Å²) in [6.07, 6.45) is 3.22. The number of anilines is 1. The van der Waals surface area contributed by atoms with Crippen molar-refractivity contribution in [2.24, 2.45) is 5.92 Å². The quantitative estimate of drug-likeness (QED) is 0.559. The highest BCUT2D eigenvalue weighted by molar-refractivity contribution is 5.95. The maximum absolute atomic E-state index is 12.5. The molecule has 0 aliphatic carbocycles. The van der Waals surface area contributed by atoms with Crippen LogP contribution in [0, 0.1) is 16.0 Å². The Hall–Kier alpha value is -2.68. The number of nitro benzene ring substituents is 1. The van der Waals surface area contributed by atoms with E-state index in [9.17, 15) is 19.7 Å². The monoisotopic (exact) mass is 417 g/mol. The topological polar surface area (TPSA) is 99.0 Å². The fourth-order valence-corrected chi connectivity index (χ4v) is 4.18. The van der Waals surface area contributed by atoms with Gasteiger partial charge in [0.05, 0.1) is 4.92 Å². The van der Waals surface area contributed by atoms with Gasteiger partial charge >= 0.3 is 0 Å². The van der Waals surface area contributed by atoms with Crippen LogP contribution in [0.1, 0.15) is 36.5 Å². The number of piperazine rings is 1. The van der Waals surface area contributed by atoms with Gasteiger partial charge in [-0.2, -0.15) is 0 Å². The first-order valence-electron chi connectivity index (χ1n) is 10.6. The molecule has 0 unspecified atom stereocenters. The van der Waals surface area contributed by atoms with Crippen LogP contribution < -0.4 is 10.2 Å². The summed E-state index contributed by atoms with van der Waals surface area (Å²) in [5, 5.41) is 14.5. The minimum absolute atomic E-state index is 0.0106. The molecule has 30 heavy (non-hydrogen) atoms. The van der Waals surface area contributed by atoms with Gasteiger partial charge in [-0.1, -0.05) is 0 Å². The lowest BCUT2D eigenvalue weighted by Gasteiger charge is -2.35. The van der Waals surface area contributed by atoms with E-state index in [4.69, 9.17) is 0 Å². The van der Waals surface area contributed by atoms with E-state index in [0.29, 0.717) is 49.9 Å². The fraction of sp³-hybridized carbons (Fsp3) is 0.619. The van der Waals surface area contributed by atoms with Crippen molar-refractivity contribution in [2.75, 3.05) is 57.8 Å². The molecule has 164 valence electrons. The van der Waals surface area contributed by atoms with E-state index in [1.807, 2.05) is 4.90 Å². The smallest absolute Gasteiger partial charge is 0.293 e. The fourth-order valence-electron chi connectivity index (χ4n) is 4.18. The molecule has 2 aliphatic heterocycles. The van der Waals surface area contributed by atoms with E-state index in [2.05, 4.69) is 17.3 Å². The standard InChI is InChI=1S/C21H31N5O4/c1-16(27)24-11-13-25(14-12-24)19-4-3-18(15-20(19)26(29)30)21(28)22-8-5-17-6-9-23(2)10-7-17/h3-4,15,17H,5-14H2,1-2H3,(H,22,28). The molecule has 0 radical (unpaired) electrons. The number of carbonyl (C=O) groups excluding carboxylic acids is 2. The van der Waals surface area contributed by atoms with Gasteiger partial charge in [-0.3, -0.25) is 19.7 Å². The number of likely N-dealkylation sites (tertiary alicyclic amines) is 1. The second-order valence-electron chi connectivity index (χ2n) is 8.24. The predicted molar refractivity (Wildman–Crippen MR) is 115 cm³/mol. The zero-order valence-corrected chi connectivity index (χ0v) is 17.8. The molecule has 0 bridgehead atoms. The van der Waals surface area contributed by atoms with Crippen molar-refractivity contribution in [2.45, 2.75) is 26.2 Å². The molecule has 1 N–H and O–H groups in total. The Labute approximate surface area is 177 Å². The SMILES string of the molecule is CC(=O)N1CCN(c2ccc(C(=O)NCCC3CCN(C)CC3)cc2[N+](=O)[O-])CC1. The third-order valence-electron chi connectivity index (χ3n) is 6.18. The van der Waals surface area contributed by atoms with Crippen LogP contribution >= 0.6 is 0 Å². The van der Waals surface area contributed by atoms with Gasteiger partial charge in [0.1, 0.15) is 5.69 Å². The number of nitrogens with zero attached hydrogens (tertiary/aromatic N) is 4. The number of benzene rings is 1. The highest BCUT2D eigenvalue weighted by Gasteiger charge is 2.26. The highest BCUT2D eigenvalue weighted by Crippen LogP contribution is 2.30. The zero-order chi connectivity index (χ0) is 21.7. The van der Waals surface area contributed by atoms with Crippen LogP contribution in [0.15, 0.2) is 18.2 Å². The Kier molecular flexibility index (Phi) is 7.25. The lowest BCUT2D eigenvalue weighted by molar-refractivity contribution is -0.384. The molecule has 1 aromatic carbocycles. The summed E-state index contributed by atoms with van der Waals surface area (Å²) < 4.78 is 0. The first kappa shape index (κ1) is 22.0. The first-order valence-corrected chi connectivity index (χ1v) is 10.6. The Morgan fingerprint density at radius 2 is 1.80 bits per heavy atom. The van der Waals surface area contributed by atoms with Gasteiger partial charge in [0.2, 0.25) is 5.91 Å². The van der Waals surface area contributed by atoms with Crippen LogP contribution in [0.4, 0.5) is 11.4 Å². The minimum atomic E-state index is -0.442. The molecule has 1 aromatic rings. The van der Waals surface area contributed by atoms with Crippen molar-refractivity contribution in [1.82, 2.24) is 15.1 Å². The lowest BCUT2D eigenvalue weighted by atomic mass is 9.94. The van der Waals surface area contributed by atoms with Crippen LogP contribution in [0.2, 0.25) is 0 Å². The molecule has 3 rings (SSSR count). The van der Waals surface area contributed by atoms with Gasteiger partial charge in [0.15, 0.2) is 0 Å². The van der Waals surface area contributed by atoms with Gasteiger partial charge in [-0.15, -0.1) is 0 Å². The molecule has 9 nitrogen and oxygen atoms in total. The summed E-state index contributed by atoms with van der Waals surface area (Å²) in [5.74, 6) is 0.349. The minimum Gasteiger partial charge on any atom is -0.362 e. The maximum atomic E-state index is 12.5. The summed E-state index contributed by atoms with van der Waals surface area (Å²) >= 11 is 0. The van der Waals surface area contributed by atoms with E-state index in [0.717, 1.165) is 32.4 Å². The number of nitro groups is 1. The normalized spacial score (nSPS) is 18.3. The Bertz CT molecular complexity index is 784. The second-order valence-corrected chi connectivity index (χ2v) is 8.24. The number of nitrogens with one attached hydrogen (secondary N) is 1.